The molecule has 32 heavy (non-hydrogen) atoms. The van der Waals surface area contributed by atoms with Gasteiger partial charge in [0, 0.05) is 44.5 Å². The van der Waals surface area contributed by atoms with Crippen molar-refractivity contribution >= 4 is 27.4 Å². The number of amides is 1. The third kappa shape index (κ3) is 4.45. The molecule has 1 aliphatic rings. The highest BCUT2D eigenvalue weighted by Gasteiger charge is 2.26. The van der Waals surface area contributed by atoms with Crippen LogP contribution < -0.4 is 9.21 Å². The number of rotatable bonds is 6. The fraction of sp³-hybridized carbons (Fsp3) is 0.250. The minimum absolute atomic E-state index is 0.0926. The first kappa shape index (κ1) is 21.8. The van der Waals surface area contributed by atoms with E-state index in [1.54, 1.807) is 42.3 Å². The average Bonchev–Trinajstić information content (AvgIpc) is 2.85. The van der Waals surface area contributed by atoms with E-state index < -0.39 is 10.0 Å². The van der Waals surface area contributed by atoms with Gasteiger partial charge in [0.2, 0.25) is 0 Å². The van der Waals surface area contributed by atoms with E-state index >= 15 is 0 Å². The predicted octanol–water partition coefficient (Wildman–Crippen LogP) is 3.26. The molecule has 1 saturated heterocycles. The molecule has 0 saturated carbocycles. The predicted molar refractivity (Wildman–Crippen MR) is 125 cm³/mol. The minimum Gasteiger partial charge on any atom is -0.353 e. The smallest absolute Gasteiger partial charge is 0.264 e. The van der Waals surface area contributed by atoms with Crippen molar-refractivity contribution in [1.29, 1.82) is 0 Å². The van der Waals surface area contributed by atoms with Crippen LogP contribution in [0.2, 0.25) is 0 Å². The van der Waals surface area contributed by atoms with Crippen LogP contribution in [0.5, 0.6) is 0 Å². The van der Waals surface area contributed by atoms with Gasteiger partial charge in [0.25, 0.3) is 15.9 Å². The van der Waals surface area contributed by atoms with Gasteiger partial charge in [-0.25, -0.2) is 13.4 Å². The average molecular weight is 451 g/mol. The second-order valence-corrected chi connectivity index (χ2v) is 9.36. The summed E-state index contributed by atoms with van der Waals surface area (Å²) < 4.78 is 27.6. The fourth-order valence-electron chi connectivity index (χ4n) is 3.84. The molecule has 7 nitrogen and oxygen atoms in total. The molecule has 0 unspecified atom stereocenters. The second-order valence-electron chi connectivity index (χ2n) is 7.50. The summed E-state index contributed by atoms with van der Waals surface area (Å²) in [4.78, 5) is 21.4. The molecule has 2 heterocycles. The van der Waals surface area contributed by atoms with E-state index in [9.17, 15) is 13.2 Å². The maximum absolute atomic E-state index is 13.1. The van der Waals surface area contributed by atoms with Crippen molar-refractivity contribution in [3.8, 4) is 0 Å². The number of piperazine rings is 1. The molecular weight excluding hydrogens is 424 g/mol. The zero-order chi connectivity index (χ0) is 22.6. The van der Waals surface area contributed by atoms with Crippen molar-refractivity contribution in [3.05, 3.63) is 84.6 Å². The van der Waals surface area contributed by atoms with Crippen molar-refractivity contribution in [3.63, 3.8) is 0 Å². The van der Waals surface area contributed by atoms with E-state index in [0.29, 0.717) is 44.0 Å². The van der Waals surface area contributed by atoms with Crippen LogP contribution in [0.4, 0.5) is 11.5 Å². The van der Waals surface area contributed by atoms with Crippen molar-refractivity contribution in [2.24, 2.45) is 0 Å². The lowest BCUT2D eigenvalue weighted by Crippen LogP contribution is -2.49. The Kier molecular flexibility index (Phi) is 6.41. The van der Waals surface area contributed by atoms with Gasteiger partial charge in [-0.2, -0.15) is 0 Å². The van der Waals surface area contributed by atoms with Crippen LogP contribution in [0.25, 0.3) is 0 Å². The number of para-hydroxylation sites is 1. The summed E-state index contributed by atoms with van der Waals surface area (Å²) >= 11 is 0. The first-order chi connectivity index (χ1) is 15.5. The van der Waals surface area contributed by atoms with E-state index in [0.717, 1.165) is 5.82 Å². The zero-order valence-corrected chi connectivity index (χ0v) is 18.8. The Labute approximate surface area is 189 Å². The van der Waals surface area contributed by atoms with Crippen LogP contribution in [0.3, 0.4) is 0 Å². The Balaban J connectivity index is 1.45. The first-order valence-electron chi connectivity index (χ1n) is 10.6. The Hall–Kier alpha value is -3.39. The Morgan fingerprint density at radius 1 is 0.906 bits per heavy atom. The number of nitrogens with zero attached hydrogens (tertiary/aromatic N) is 4. The van der Waals surface area contributed by atoms with Crippen LogP contribution in [-0.2, 0) is 10.0 Å². The topological polar surface area (TPSA) is 73.8 Å². The molecule has 3 aromatic rings. The highest BCUT2D eigenvalue weighted by molar-refractivity contribution is 7.92. The lowest BCUT2D eigenvalue weighted by molar-refractivity contribution is 0.0746. The summed E-state index contributed by atoms with van der Waals surface area (Å²) in [6.07, 6.45) is 1.76. The van der Waals surface area contributed by atoms with Crippen molar-refractivity contribution in [1.82, 2.24) is 9.88 Å². The Morgan fingerprint density at radius 2 is 1.56 bits per heavy atom. The van der Waals surface area contributed by atoms with Gasteiger partial charge in [0.1, 0.15) is 5.82 Å². The summed E-state index contributed by atoms with van der Waals surface area (Å²) in [7, 11) is -3.71. The molecule has 0 spiro atoms. The summed E-state index contributed by atoms with van der Waals surface area (Å²) in [6, 6.07) is 21.0. The quantitative estimate of drug-likeness (QED) is 0.576. The van der Waals surface area contributed by atoms with Crippen LogP contribution in [-0.4, -0.2) is 56.9 Å². The molecule has 0 N–H and O–H groups in total. The highest BCUT2D eigenvalue weighted by atomic mass is 32.2. The molecular formula is C24H26N4O3S. The summed E-state index contributed by atoms with van der Waals surface area (Å²) in [5.41, 5.74) is 1.10. The Morgan fingerprint density at radius 3 is 2.16 bits per heavy atom. The number of aromatic nitrogens is 1. The van der Waals surface area contributed by atoms with Gasteiger partial charge in [-0.05, 0) is 55.5 Å². The molecule has 8 heteroatoms. The molecule has 0 atom stereocenters. The van der Waals surface area contributed by atoms with Gasteiger partial charge in [-0.15, -0.1) is 0 Å². The first-order valence-corrected chi connectivity index (χ1v) is 12.1. The molecule has 1 amide bonds. The van der Waals surface area contributed by atoms with Crippen LogP contribution in [0.1, 0.15) is 17.3 Å². The van der Waals surface area contributed by atoms with Gasteiger partial charge in [0.05, 0.1) is 10.6 Å². The monoisotopic (exact) mass is 450 g/mol. The molecule has 0 radical (unpaired) electrons. The van der Waals surface area contributed by atoms with E-state index in [2.05, 4.69) is 9.88 Å². The largest absolute Gasteiger partial charge is 0.353 e. The maximum atomic E-state index is 13.1. The third-order valence-electron chi connectivity index (χ3n) is 5.56. The fourth-order valence-corrected chi connectivity index (χ4v) is 5.32. The van der Waals surface area contributed by atoms with Crippen molar-refractivity contribution in [2.75, 3.05) is 41.9 Å². The molecule has 0 bridgehead atoms. The molecule has 1 aromatic heterocycles. The number of hydrogen-bond donors (Lipinski definition) is 0. The van der Waals surface area contributed by atoms with Gasteiger partial charge in [0.15, 0.2) is 0 Å². The number of hydrogen-bond acceptors (Lipinski definition) is 5. The van der Waals surface area contributed by atoms with Crippen LogP contribution in [0.15, 0.2) is 83.9 Å². The maximum Gasteiger partial charge on any atom is 0.264 e. The summed E-state index contributed by atoms with van der Waals surface area (Å²) in [5.74, 6) is 0.818. The molecule has 166 valence electrons. The van der Waals surface area contributed by atoms with Gasteiger partial charge in [-0.3, -0.25) is 9.10 Å². The molecule has 0 aliphatic carbocycles. The number of pyridine rings is 1. The highest BCUT2D eigenvalue weighted by Crippen LogP contribution is 2.24. The van der Waals surface area contributed by atoms with Gasteiger partial charge in [-0.1, -0.05) is 24.3 Å². The van der Waals surface area contributed by atoms with Crippen LogP contribution >= 0.6 is 0 Å². The van der Waals surface area contributed by atoms with Crippen molar-refractivity contribution in [2.45, 2.75) is 11.8 Å². The lowest BCUT2D eigenvalue weighted by atomic mass is 10.2. The second kappa shape index (κ2) is 9.40. The Bertz CT molecular complexity index is 1140. The van der Waals surface area contributed by atoms with E-state index in [-0.39, 0.29) is 10.8 Å². The molecule has 2 aromatic carbocycles. The SMILES string of the molecule is CCN(c1ccccc1)S(=O)(=O)c1ccc(C(=O)N2CCN(c3ccccn3)CC2)cc1. The normalized spacial score (nSPS) is 14.3. The molecule has 1 fully saturated rings. The van der Waals surface area contributed by atoms with E-state index in [1.165, 1.54) is 16.4 Å². The molecule has 4 rings (SSSR count). The number of carbonyl (C=O) groups is 1. The zero-order valence-electron chi connectivity index (χ0n) is 18.0. The standard InChI is InChI=1S/C24H26N4O3S/c1-2-28(21-8-4-3-5-9-21)32(30,31)22-13-11-20(12-14-22)24(29)27-18-16-26(17-19-27)23-10-6-7-15-25-23/h3-15H,2,16-19H2,1H3. The number of benzene rings is 2. The van der Waals surface area contributed by atoms with Gasteiger partial charge < -0.3 is 9.80 Å². The van der Waals surface area contributed by atoms with E-state index in [4.69, 9.17) is 0 Å². The van der Waals surface area contributed by atoms with Crippen LogP contribution in [0, 0.1) is 0 Å². The number of carbonyl (C=O) groups excluding carboxylic acids is 1. The number of sulfonamides is 1. The minimum atomic E-state index is -3.71. The van der Waals surface area contributed by atoms with Crippen molar-refractivity contribution < 1.29 is 13.2 Å². The summed E-state index contributed by atoms with van der Waals surface area (Å²) in [6.45, 7) is 4.70. The molecule has 1 aliphatic heterocycles. The number of anilines is 2. The summed E-state index contributed by atoms with van der Waals surface area (Å²) in [5, 5.41) is 0. The van der Waals surface area contributed by atoms with E-state index in [1.807, 2.05) is 36.4 Å². The van der Waals surface area contributed by atoms with Gasteiger partial charge >= 0.3 is 0 Å². The lowest BCUT2D eigenvalue weighted by Gasteiger charge is -2.35. The third-order valence-corrected chi connectivity index (χ3v) is 7.48.